The average molecular weight is 582 g/mol. The molecule has 1 heterocycles. The first-order valence-electron chi connectivity index (χ1n) is 11.4. The predicted molar refractivity (Wildman–Crippen MR) is 135 cm³/mol. The summed E-state index contributed by atoms with van der Waals surface area (Å²) in [6.45, 7) is 2.19. The molecule has 0 bridgehead atoms. The number of hydrogen-bond acceptors (Lipinski definition) is 6. The first-order valence-corrected chi connectivity index (χ1v) is 12.5. The Bertz CT molecular complexity index is 978. The zero-order valence-electron chi connectivity index (χ0n) is 19.2. The lowest BCUT2D eigenvalue weighted by Gasteiger charge is -2.40. The van der Waals surface area contributed by atoms with Gasteiger partial charge in [0.25, 0.3) is 0 Å². The maximum atomic E-state index is 13.2. The van der Waals surface area contributed by atoms with E-state index < -0.39 is 18.2 Å². The molecule has 0 aliphatic heterocycles. The van der Waals surface area contributed by atoms with Crippen LogP contribution in [-0.4, -0.2) is 58.3 Å². The Balaban J connectivity index is 1.93. The molecule has 1 aromatic heterocycles. The third kappa shape index (κ3) is 6.83. The van der Waals surface area contributed by atoms with Crippen molar-refractivity contribution in [2.75, 3.05) is 13.2 Å². The smallest absolute Gasteiger partial charge is 0.247 e. The maximum Gasteiger partial charge on any atom is 0.247 e. The number of carbonyl (C=O) groups is 2. The third-order valence-corrected chi connectivity index (χ3v) is 6.60. The number of amides is 2. The fourth-order valence-corrected chi connectivity index (χ4v) is 4.42. The molecule has 1 aliphatic rings. The molecule has 0 fully saturated rings. The summed E-state index contributed by atoms with van der Waals surface area (Å²) in [5, 5.41) is 23.1. The molecular formula is C25H31IN2O6. The number of furan rings is 1. The number of unbranched alkanes of at least 4 members (excludes halogenated alkanes) is 1. The van der Waals surface area contributed by atoms with Crippen molar-refractivity contribution in [2.45, 2.75) is 57.4 Å². The van der Waals surface area contributed by atoms with Gasteiger partial charge in [-0.3, -0.25) is 9.59 Å². The highest BCUT2D eigenvalue weighted by Crippen LogP contribution is 2.30. The summed E-state index contributed by atoms with van der Waals surface area (Å²) in [7, 11) is 0. The van der Waals surface area contributed by atoms with Crippen LogP contribution in [0.5, 0.6) is 5.75 Å². The summed E-state index contributed by atoms with van der Waals surface area (Å²) in [5.74, 6) is 0.126. The summed E-state index contributed by atoms with van der Waals surface area (Å²) in [6.07, 6.45) is 4.94. The molecule has 8 nitrogen and oxygen atoms in total. The van der Waals surface area contributed by atoms with E-state index >= 15 is 0 Å². The molecule has 0 saturated heterocycles. The van der Waals surface area contributed by atoms with E-state index in [1.54, 1.807) is 29.4 Å². The van der Waals surface area contributed by atoms with Crippen LogP contribution in [0.4, 0.5) is 0 Å². The molecule has 3 rings (SSSR count). The Kier molecular flexibility index (Phi) is 9.97. The third-order valence-electron chi connectivity index (χ3n) is 5.71. The lowest BCUT2D eigenvalue weighted by molar-refractivity contribution is -0.139. The van der Waals surface area contributed by atoms with Crippen molar-refractivity contribution in [3.05, 3.63) is 63.6 Å². The van der Waals surface area contributed by atoms with Gasteiger partial charge < -0.3 is 29.6 Å². The fourth-order valence-electron chi connectivity index (χ4n) is 3.91. The first-order chi connectivity index (χ1) is 16.4. The van der Waals surface area contributed by atoms with Crippen molar-refractivity contribution in [1.29, 1.82) is 0 Å². The van der Waals surface area contributed by atoms with Crippen LogP contribution in [0, 0.1) is 3.57 Å². The van der Waals surface area contributed by atoms with Crippen LogP contribution in [-0.2, 0) is 16.1 Å². The number of carbonyl (C=O) groups excluding carboxylic acids is 2. The molecule has 184 valence electrons. The SMILES string of the molecule is CCCCC(=O)N(Cc1ccoc1)C1CC(C(=O)NCCO)=CC(Oc2ccccc2I)C1O. The van der Waals surface area contributed by atoms with Crippen molar-refractivity contribution in [3.63, 3.8) is 0 Å². The van der Waals surface area contributed by atoms with Crippen molar-refractivity contribution in [3.8, 4) is 5.75 Å². The fraction of sp³-hybridized carbons (Fsp3) is 0.440. The van der Waals surface area contributed by atoms with Crippen LogP contribution in [0.2, 0.25) is 0 Å². The van der Waals surface area contributed by atoms with Gasteiger partial charge in [0.15, 0.2) is 0 Å². The van der Waals surface area contributed by atoms with Gasteiger partial charge in [-0.15, -0.1) is 0 Å². The predicted octanol–water partition coefficient (Wildman–Crippen LogP) is 3.02. The molecule has 0 spiro atoms. The van der Waals surface area contributed by atoms with E-state index in [1.807, 2.05) is 25.1 Å². The van der Waals surface area contributed by atoms with E-state index in [-0.39, 0.29) is 37.9 Å². The Hall–Kier alpha value is -2.37. The van der Waals surface area contributed by atoms with Crippen LogP contribution >= 0.6 is 22.6 Å². The van der Waals surface area contributed by atoms with Crippen LogP contribution in [0.25, 0.3) is 0 Å². The topological polar surface area (TPSA) is 112 Å². The highest BCUT2D eigenvalue weighted by Gasteiger charge is 2.40. The Labute approximate surface area is 213 Å². The number of aliphatic hydroxyl groups is 2. The van der Waals surface area contributed by atoms with E-state index in [0.717, 1.165) is 22.0 Å². The van der Waals surface area contributed by atoms with Crippen LogP contribution in [0.1, 0.15) is 38.2 Å². The van der Waals surface area contributed by atoms with Gasteiger partial charge in [-0.05, 0) is 53.3 Å². The van der Waals surface area contributed by atoms with Gasteiger partial charge in [-0.2, -0.15) is 0 Å². The van der Waals surface area contributed by atoms with Gasteiger partial charge >= 0.3 is 0 Å². The Morgan fingerprint density at radius 3 is 2.76 bits per heavy atom. The number of rotatable bonds is 11. The minimum Gasteiger partial charge on any atom is -0.482 e. The van der Waals surface area contributed by atoms with E-state index in [1.165, 1.54) is 6.26 Å². The highest BCUT2D eigenvalue weighted by molar-refractivity contribution is 14.1. The lowest BCUT2D eigenvalue weighted by Crippen LogP contribution is -2.54. The van der Waals surface area contributed by atoms with Gasteiger partial charge in [-0.25, -0.2) is 0 Å². The first kappa shape index (κ1) is 26.2. The minimum atomic E-state index is -1.05. The van der Waals surface area contributed by atoms with Gasteiger partial charge in [0.2, 0.25) is 11.8 Å². The standard InChI is InChI=1S/C25H31IN2O6/c1-2-3-8-23(30)28(15-17-9-12-33-16-17)20-13-18(25(32)27-10-11-29)14-22(24(20)31)34-21-7-5-4-6-19(21)26/h4-7,9,12,14,16,20,22,24,29,31H,2-3,8,10-11,13,15H2,1H3,(H,27,32). The number of nitrogens with one attached hydrogen (secondary N) is 1. The molecule has 1 aromatic carbocycles. The number of aliphatic hydroxyl groups excluding tert-OH is 2. The number of para-hydroxylation sites is 1. The molecule has 0 radical (unpaired) electrons. The number of benzene rings is 1. The van der Waals surface area contributed by atoms with Crippen molar-refractivity contribution < 1.29 is 29.0 Å². The number of nitrogens with zero attached hydrogens (tertiary/aromatic N) is 1. The van der Waals surface area contributed by atoms with Gasteiger partial charge in [0.05, 0.1) is 28.7 Å². The molecule has 3 atom stereocenters. The lowest BCUT2D eigenvalue weighted by atomic mass is 9.87. The van der Waals surface area contributed by atoms with Crippen molar-refractivity contribution in [1.82, 2.24) is 10.2 Å². The summed E-state index contributed by atoms with van der Waals surface area (Å²) in [4.78, 5) is 27.7. The second-order valence-electron chi connectivity index (χ2n) is 8.20. The second-order valence-corrected chi connectivity index (χ2v) is 9.37. The average Bonchev–Trinajstić information content (AvgIpc) is 3.35. The zero-order chi connectivity index (χ0) is 24.5. The summed E-state index contributed by atoms with van der Waals surface area (Å²) >= 11 is 2.15. The van der Waals surface area contributed by atoms with Crippen molar-refractivity contribution in [2.24, 2.45) is 0 Å². The molecule has 3 N–H and O–H groups in total. The van der Waals surface area contributed by atoms with Gasteiger partial charge in [0, 0.05) is 37.1 Å². The van der Waals surface area contributed by atoms with E-state index in [2.05, 4.69) is 27.9 Å². The maximum absolute atomic E-state index is 13.2. The quantitative estimate of drug-likeness (QED) is 0.352. The zero-order valence-corrected chi connectivity index (χ0v) is 21.3. The Morgan fingerprint density at radius 2 is 2.09 bits per heavy atom. The summed E-state index contributed by atoms with van der Waals surface area (Å²) in [5.41, 5.74) is 1.20. The highest BCUT2D eigenvalue weighted by atomic mass is 127. The monoisotopic (exact) mass is 582 g/mol. The molecule has 1 aliphatic carbocycles. The van der Waals surface area contributed by atoms with E-state index in [4.69, 9.17) is 14.3 Å². The molecule has 34 heavy (non-hydrogen) atoms. The minimum absolute atomic E-state index is 0.0999. The molecule has 2 amide bonds. The van der Waals surface area contributed by atoms with Crippen molar-refractivity contribution >= 4 is 34.4 Å². The Morgan fingerprint density at radius 1 is 1.29 bits per heavy atom. The van der Waals surface area contributed by atoms with Crippen LogP contribution < -0.4 is 10.1 Å². The molecule has 0 saturated carbocycles. The van der Waals surface area contributed by atoms with E-state index in [9.17, 15) is 14.7 Å². The summed E-state index contributed by atoms with van der Waals surface area (Å²) in [6, 6.07) is 8.51. The number of ether oxygens (including phenoxy) is 1. The molecule has 9 heteroatoms. The normalized spacial score (nSPS) is 19.9. The number of hydrogen-bond donors (Lipinski definition) is 3. The summed E-state index contributed by atoms with van der Waals surface area (Å²) < 4.78 is 12.2. The van der Waals surface area contributed by atoms with Gasteiger partial charge in [0.1, 0.15) is 18.0 Å². The molecular weight excluding hydrogens is 551 g/mol. The van der Waals surface area contributed by atoms with Gasteiger partial charge in [-0.1, -0.05) is 25.5 Å². The van der Waals surface area contributed by atoms with Crippen LogP contribution in [0.15, 0.2) is 58.9 Å². The second kappa shape index (κ2) is 12.9. The number of halogens is 1. The molecule has 2 aromatic rings. The van der Waals surface area contributed by atoms with Crippen LogP contribution in [0.3, 0.4) is 0 Å². The van der Waals surface area contributed by atoms with E-state index in [0.29, 0.717) is 17.7 Å². The largest absolute Gasteiger partial charge is 0.482 e. The molecule has 3 unspecified atom stereocenters.